The second kappa shape index (κ2) is 5.98. The molecule has 0 aliphatic heterocycles. The van der Waals surface area contributed by atoms with E-state index in [0.717, 1.165) is 18.2 Å². The van der Waals surface area contributed by atoms with E-state index in [1.54, 1.807) is 0 Å². The van der Waals surface area contributed by atoms with Gasteiger partial charge in [-0.15, -0.1) is 10.2 Å². The maximum Gasteiger partial charge on any atom is 0.274 e. The first kappa shape index (κ1) is 15.1. The monoisotopic (exact) mass is 330 g/mol. The van der Waals surface area contributed by atoms with Crippen LogP contribution in [0.15, 0.2) is 24.3 Å². The predicted molar refractivity (Wildman–Crippen MR) is 73.1 cm³/mol. The van der Waals surface area contributed by atoms with E-state index in [0.29, 0.717) is 0 Å². The Morgan fingerprint density at radius 2 is 1.95 bits per heavy atom. The van der Waals surface area contributed by atoms with Gasteiger partial charge in [-0.3, -0.25) is 14.9 Å². The normalized spacial score (nSPS) is 10.2. The molecule has 7 nitrogen and oxygen atoms in total. The summed E-state index contributed by atoms with van der Waals surface area (Å²) >= 11 is 11.3. The van der Waals surface area contributed by atoms with Crippen LogP contribution in [0.3, 0.4) is 0 Å². The minimum absolute atomic E-state index is 0.0604. The molecule has 0 aliphatic carbocycles. The zero-order chi connectivity index (χ0) is 15.6. The van der Waals surface area contributed by atoms with E-state index in [4.69, 9.17) is 23.2 Å². The number of aromatic nitrogens is 2. The lowest BCUT2D eigenvalue weighted by molar-refractivity contribution is -0.385. The van der Waals surface area contributed by atoms with E-state index < -0.39 is 22.3 Å². The number of benzene rings is 1. The number of nitrogens with one attached hydrogen (secondary N) is 1. The van der Waals surface area contributed by atoms with Crippen LogP contribution in [0.5, 0.6) is 0 Å². The zero-order valence-corrected chi connectivity index (χ0v) is 11.5. The molecule has 0 saturated carbocycles. The minimum Gasteiger partial charge on any atom is -0.322 e. The molecule has 1 amide bonds. The molecule has 0 bridgehead atoms. The number of carbonyl (C=O) groups excluding carboxylic acids is 1. The summed E-state index contributed by atoms with van der Waals surface area (Å²) in [6, 6.07) is 3.83. The lowest BCUT2D eigenvalue weighted by atomic mass is 10.2. The molecule has 0 aliphatic rings. The van der Waals surface area contributed by atoms with Gasteiger partial charge in [-0.05, 0) is 12.1 Å². The highest BCUT2D eigenvalue weighted by atomic mass is 35.5. The van der Waals surface area contributed by atoms with Gasteiger partial charge in [0.05, 0.1) is 22.2 Å². The highest BCUT2D eigenvalue weighted by Crippen LogP contribution is 2.22. The van der Waals surface area contributed by atoms with Crippen molar-refractivity contribution in [1.82, 2.24) is 10.2 Å². The van der Waals surface area contributed by atoms with Gasteiger partial charge in [-0.25, -0.2) is 4.39 Å². The first-order chi connectivity index (χ1) is 9.86. The molecule has 2 rings (SSSR count). The molecule has 0 atom stereocenters. The van der Waals surface area contributed by atoms with Gasteiger partial charge in [0.25, 0.3) is 11.6 Å². The van der Waals surface area contributed by atoms with Crippen molar-refractivity contribution in [3.05, 3.63) is 56.1 Å². The fraction of sp³-hybridized carbons (Fsp3) is 0. The number of carbonyl (C=O) groups is 1. The number of nitro benzene ring substituents is 1. The van der Waals surface area contributed by atoms with Crippen LogP contribution in [-0.4, -0.2) is 21.0 Å². The Hall–Kier alpha value is -2.32. The second-order valence-corrected chi connectivity index (χ2v) is 4.53. The summed E-state index contributed by atoms with van der Waals surface area (Å²) in [7, 11) is 0. The van der Waals surface area contributed by atoms with Gasteiger partial charge in [-0.1, -0.05) is 23.2 Å². The molecule has 0 saturated heterocycles. The molecule has 1 N–H and O–H groups in total. The van der Waals surface area contributed by atoms with Crippen molar-refractivity contribution in [1.29, 1.82) is 0 Å². The summed E-state index contributed by atoms with van der Waals surface area (Å²) in [5.41, 5.74) is -0.693. The van der Waals surface area contributed by atoms with Crippen LogP contribution < -0.4 is 5.32 Å². The van der Waals surface area contributed by atoms with Gasteiger partial charge in [0.2, 0.25) is 0 Å². The molecule has 1 heterocycles. The first-order valence-electron chi connectivity index (χ1n) is 5.32. The van der Waals surface area contributed by atoms with E-state index in [1.807, 2.05) is 0 Å². The van der Waals surface area contributed by atoms with Gasteiger partial charge in [0.15, 0.2) is 10.3 Å². The van der Waals surface area contributed by atoms with E-state index in [-0.39, 0.29) is 21.6 Å². The number of nitro groups is 1. The average molecular weight is 331 g/mol. The summed E-state index contributed by atoms with van der Waals surface area (Å²) in [6.45, 7) is 0. The molecule has 1 aromatic carbocycles. The average Bonchev–Trinajstić information content (AvgIpc) is 2.40. The summed E-state index contributed by atoms with van der Waals surface area (Å²) < 4.78 is 13.3. The highest BCUT2D eigenvalue weighted by molar-refractivity contribution is 6.34. The molecule has 2 aromatic rings. The summed E-state index contributed by atoms with van der Waals surface area (Å²) in [5.74, 6) is -1.62. The Kier molecular flexibility index (Phi) is 4.29. The minimum atomic E-state index is -0.864. The lowest BCUT2D eigenvalue weighted by Gasteiger charge is -2.06. The fourth-order valence-corrected chi connectivity index (χ4v) is 1.79. The Labute approximate surface area is 126 Å². The Morgan fingerprint density at radius 1 is 1.24 bits per heavy atom. The largest absolute Gasteiger partial charge is 0.322 e. The quantitative estimate of drug-likeness (QED) is 0.688. The number of hydrogen-bond acceptors (Lipinski definition) is 5. The summed E-state index contributed by atoms with van der Waals surface area (Å²) in [4.78, 5) is 21.8. The number of halogens is 3. The standard InChI is InChI=1S/C11H5Cl2FN4O3/c12-9-4-8(10(13)17-16-9)11(19)15-6-1-5(14)2-7(3-6)18(20)21/h1-4H,(H,15,19). The smallest absolute Gasteiger partial charge is 0.274 e. The summed E-state index contributed by atoms with van der Waals surface area (Å²) in [5, 5.41) is 19.5. The number of nitrogens with zero attached hydrogens (tertiary/aromatic N) is 3. The molecule has 108 valence electrons. The molecule has 0 radical (unpaired) electrons. The molecule has 0 unspecified atom stereocenters. The highest BCUT2D eigenvalue weighted by Gasteiger charge is 2.16. The van der Waals surface area contributed by atoms with Crippen LogP contribution in [0.4, 0.5) is 15.8 Å². The van der Waals surface area contributed by atoms with Crippen LogP contribution in [0.2, 0.25) is 10.3 Å². The topological polar surface area (TPSA) is 98.0 Å². The lowest BCUT2D eigenvalue weighted by Crippen LogP contribution is -2.14. The van der Waals surface area contributed by atoms with Crippen molar-refractivity contribution in [3.8, 4) is 0 Å². The number of hydrogen-bond donors (Lipinski definition) is 1. The Balaban J connectivity index is 2.31. The summed E-state index contributed by atoms with van der Waals surface area (Å²) in [6.07, 6.45) is 0. The van der Waals surface area contributed by atoms with Crippen molar-refractivity contribution in [2.75, 3.05) is 5.32 Å². The molecular formula is C11H5Cl2FN4O3. The van der Waals surface area contributed by atoms with Crippen LogP contribution >= 0.6 is 23.2 Å². The van der Waals surface area contributed by atoms with Crippen molar-refractivity contribution in [3.63, 3.8) is 0 Å². The molecule has 1 aromatic heterocycles. The van der Waals surface area contributed by atoms with Crippen molar-refractivity contribution in [2.45, 2.75) is 0 Å². The van der Waals surface area contributed by atoms with E-state index in [1.165, 1.54) is 6.07 Å². The number of anilines is 1. The third-order valence-corrected chi connectivity index (χ3v) is 2.78. The molecule has 0 spiro atoms. The van der Waals surface area contributed by atoms with E-state index in [9.17, 15) is 19.3 Å². The van der Waals surface area contributed by atoms with Gasteiger partial charge in [-0.2, -0.15) is 0 Å². The molecule has 0 fully saturated rings. The van der Waals surface area contributed by atoms with Gasteiger partial charge in [0.1, 0.15) is 5.82 Å². The second-order valence-electron chi connectivity index (χ2n) is 3.78. The molecular weight excluding hydrogens is 326 g/mol. The maximum atomic E-state index is 13.3. The van der Waals surface area contributed by atoms with Gasteiger partial charge >= 0.3 is 0 Å². The Bertz CT molecular complexity index is 741. The van der Waals surface area contributed by atoms with Crippen molar-refractivity contribution in [2.24, 2.45) is 0 Å². The predicted octanol–water partition coefficient (Wildman–Crippen LogP) is 3.08. The SMILES string of the molecule is O=C(Nc1cc(F)cc([N+](=O)[O-])c1)c1cc(Cl)nnc1Cl. The first-order valence-corrected chi connectivity index (χ1v) is 6.07. The van der Waals surface area contributed by atoms with E-state index >= 15 is 0 Å². The van der Waals surface area contributed by atoms with E-state index in [2.05, 4.69) is 15.5 Å². The number of rotatable bonds is 3. The third-order valence-electron chi connectivity index (χ3n) is 2.31. The van der Waals surface area contributed by atoms with Gasteiger partial charge in [0, 0.05) is 6.07 Å². The van der Waals surface area contributed by atoms with Gasteiger partial charge < -0.3 is 5.32 Å². The fourth-order valence-electron chi connectivity index (χ4n) is 1.46. The van der Waals surface area contributed by atoms with Crippen LogP contribution in [-0.2, 0) is 0 Å². The zero-order valence-electron chi connectivity index (χ0n) is 10.0. The Morgan fingerprint density at radius 3 is 2.62 bits per heavy atom. The van der Waals surface area contributed by atoms with Crippen LogP contribution in [0, 0.1) is 15.9 Å². The van der Waals surface area contributed by atoms with Crippen LogP contribution in [0.25, 0.3) is 0 Å². The van der Waals surface area contributed by atoms with Crippen LogP contribution in [0.1, 0.15) is 10.4 Å². The van der Waals surface area contributed by atoms with Crippen molar-refractivity contribution < 1.29 is 14.1 Å². The molecule has 21 heavy (non-hydrogen) atoms. The molecule has 10 heteroatoms. The third kappa shape index (κ3) is 3.61. The number of amides is 1. The van der Waals surface area contributed by atoms with Crippen molar-refractivity contribution >= 4 is 40.5 Å². The maximum absolute atomic E-state index is 13.3. The number of non-ortho nitro benzene ring substituents is 1.